The molecular weight excluding hydrogens is 240 g/mol. The molecule has 0 aromatic heterocycles. The molecule has 0 aliphatic heterocycles. The van der Waals surface area contributed by atoms with Gasteiger partial charge in [0.2, 0.25) is 0 Å². The highest BCUT2D eigenvalue weighted by Gasteiger charge is 1.99. The predicted octanol–water partition coefficient (Wildman–Crippen LogP) is 6.54. The lowest BCUT2D eigenvalue weighted by molar-refractivity contribution is 0.791. The van der Waals surface area contributed by atoms with Crippen molar-refractivity contribution in [2.24, 2.45) is 5.92 Å². The van der Waals surface area contributed by atoms with Crippen LogP contribution in [0.4, 0.5) is 0 Å². The van der Waals surface area contributed by atoms with Gasteiger partial charge in [-0.05, 0) is 57.9 Å². The van der Waals surface area contributed by atoms with Gasteiger partial charge in [-0.2, -0.15) is 0 Å². The minimum absolute atomic E-state index is 0.568. The number of hydrogen-bond donors (Lipinski definition) is 0. The van der Waals surface area contributed by atoms with Crippen molar-refractivity contribution in [1.82, 2.24) is 0 Å². The second-order valence-corrected chi connectivity index (χ2v) is 6.24. The molecule has 1 rings (SSSR count). The summed E-state index contributed by atoms with van der Waals surface area (Å²) < 4.78 is 0. The molecule has 0 saturated heterocycles. The standard InChI is InChI=1S/C20H30/c1-16(2)20-14-12-18(4)10-6-8-17(3)9-7-11-19(5)13-15-20/h8,11-16H,6-7,9-10H2,1-5H3/b15-13+,17-8+,18-12+,19-11+,20-14+. The summed E-state index contributed by atoms with van der Waals surface area (Å²) in [6.45, 7) is 11.2. The molecule has 0 N–H and O–H groups in total. The molecule has 0 aromatic rings. The molecular formula is C20H30. The highest BCUT2D eigenvalue weighted by Crippen LogP contribution is 2.16. The Bertz CT molecular complexity index is 450. The second kappa shape index (κ2) is 8.79. The van der Waals surface area contributed by atoms with Crippen molar-refractivity contribution in [3.05, 3.63) is 58.7 Å². The first kappa shape index (κ1) is 16.8. The third-order valence-corrected chi connectivity index (χ3v) is 3.80. The van der Waals surface area contributed by atoms with Gasteiger partial charge in [0, 0.05) is 0 Å². The van der Waals surface area contributed by atoms with E-state index < -0.39 is 0 Å². The van der Waals surface area contributed by atoms with Gasteiger partial charge in [-0.25, -0.2) is 0 Å². The Hall–Kier alpha value is -1.30. The van der Waals surface area contributed by atoms with Crippen molar-refractivity contribution in [3.63, 3.8) is 0 Å². The normalized spacial score (nSPS) is 30.9. The van der Waals surface area contributed by atoms with Gasteiger partial charge in [-0.3, -0.25) is 0 Å². The lowest BCUT2D eigenvalue weighted by Crippen LogP contribution is -1.90. The summed E-state index contributed by atoms with van der Waals surface area (Å²) in [5, 5.41) is 0. The van der Waals surface area contributed by atoms with E-state index in [1.165, 1.54) is 28.7 Å². The minimum atomic E-state index is 0.568. The molecule has 20 heavy (non-hydrogen) atoms. The highest BCUT2D eigenvalue weighted by atomic mass is 14.0. The Morgan fingerprint density at radius 2 is 1.45 bits per heavy atom. The lowest BCUT2D eigenvalue weighted by Gasteiger charge is -2.07. The summed E-state index contributed by atoms with van der Waals surface area (Å²) in [5.74, 6) is 0.568. The Kier molecular flexibility index (Phi) is 7.36. The first-order chi connectivity index (χ1) is 9.49. The molecule has 0 aromatic carbocycles. The van der Waals surface area contributed by atoms with Gasteiger partial charge in [0.15, 0.2) is 0 Å². The molecule has 0 heteroatoms. The maximum absolute atomic E-state index is 2.40. The van der Waals surface area contributed by atoms with Crippen molar-refractivity contribution in [1.29, 1.82) is 0 Å². The molecule has 1 aliphatic rings. The fraction of sp³-hybridized carbons (Fsp3) is 0.500. The maximum atomic E-state index is 2.40. The summed E-state index contributed by atoms with van der Waals surface area (Å²) in [6.07, 6.45) is 18.5. The Morgan fingerprint density at radius 3 is 2.15 bits per heavy atom. The van der Waals surface area contributed by atoms with Gasteiger partial charge in [0.25, 0.3) is 0 Å². The molecule has 0 bridgehead atoms. The molecule has 0 fully saturated rings. The average Bonchev–Trinajstić information content (AvgIpc) is 2.37. The van der Waals surface area contributed by atoms with E-state index >= 15 is 0 Å². The van der Waals surface area contributed by atoms with E-state index in [2.05, 4.69) is 71.1 Å². The van der Waals surface area contributed by atoms with Crippen molar-refractivity contribution in [2.75, 3.05) is 0 Å². The van der Waals surface area contributed by atoms with Crippen LogP contribution in [0, 0.1) is 5.92 Å². The van der Waals surface area contributed by atoms with Gasteiger partial charge < -0.3 is 0 Å². The second-order valence-electron chi connectivity index (χ2n) is 6.24. The molecule has 0 heterocycles. The number of rotatable bonds is 1. The van der Waals surface area contributed by atoms with Crippen LogP contribution >= 0.6 is 0 Å². The van der Waals surface area contributed by atoms with Gasteiger partial charge in [0.1, 0.15) is 0 Å². The number of allylic oxidation sites excluding steroid dienone is 10. The molecule has 0 atom stereocenters. The zero-order valence-corrected chi connectivity index (χ0v) is 13.9. The Balaban J connectivity index is 3.00. The molecule has 0 nitrogen and oxygen atoms in total. The Morgan fingerprint density at radius 1 is 0.800 bits per heavy atom. The van der Waals surface area contributed by atoms with E-state index in [0.717, 1.165) is 19.3 Å². The average molecular weight is 270 g/mol. The third kappa shape index (κ3) is 6.75. The van der Waals surface area contributed by atoms with Crippen LogP contribution in [-0.2, 0) is 0 Å². The van der Waals surface area contributed by atoms with E-state index in [0.29, 0.717) is 5.92 Å². The molecule has 1 aliphatic carbocycles. The molecule has 0 saturated carbocycles. The summed E-state index contributed by atoms with van der Waals surface area (Å²) in [4.78, 5) is 0. The number of hydrogen-bond acceptors (Lipinski definition) is 0. The summed E-state index contributed by atoms with van der Waals surface area (Å²) in [7, 11) is 0. The zero-order valence-electron chi connectivity index (χ0n) is 13.9. The van der Waals surface area contributed by atoms with Crippen LogP contribution in [0.15, 0.2) is 58.7 Å². The van der Waals surface area contributed by atoms with Crippen molar-refractivity contribution >= 4 is 0 Å². The van der Waals surface area contributed by atoms with Crippen LogP contribution in [0.1, 0.15) is 60.3 Å². The summed E-state index contributed by atoms with van der Waals surface area (Å²) in [6, 6.07) is 0. The lowest BCUT2D eigenvalue weighted by atomic mass is 9.99. The molecule has 0 spiro atoms. The monoisotopic (exact) mass is 270 g/mol. The Labute approximate surface area is 125 Å². The van der Waals surface area contributed by atoms with Crippen LogP contribution in [0.3, 0.4) is 0 Å². The van der Waals surface area contributed by atoms with Gasteiger partial charge in [0.05, 0.1) is 0 Å². The first-order valence-corrected chi connectivity index (χ1v) is 7.87. The van der Waals surface area contributed by atoms with Gasteiger partial charge in [-0.1, -0.05) is 67.0 Å². The van der Waals surface area contributed by atoms with Crippen LogP contribution in [-0.4, -0.2) is 0 Å². The van der Waals surface area contributed by atoms with Crippen molar-refractivity contribution in [3.8, 4) is 0 Å². The molecule has 0 unspecified atom stereocenters. The maximum Gasteiger partial charge on any atom is -0.0219 e. The van der Waals surface area contributed by atoms with E-state index in [9.17, 15) is 0 Å². The van der Waals surface area contributed by atoms with E-state index in [1.54, 1.807) is 0 Å². The quantitative estimate of drug-likeness (QED) is 0.475. The van der Waals surface area contributed by atoms with E-state index in [-0.39, 0.29) is 0 Å². The fourth-order valence-corrected chi connectivity index (χ4v) is 2.23. The topological polar surface area (TPSA) is 0 Å². The van der Waals surface area contributed by atoms with Crippen molar-refractivity contribution < 1.29 is 0 Å². The van der Waals surface area contributed by atoms with Gasteiger partial charge in [-0.15, -0.1) is 0 Å². The van der Waals surface area contributed by atoms with Crippen LogP contribution in [0.2, 0.25) is 0 Å². The smallest absolute Gasteiger partial charge is 0.0219 e. The summed E-state index contributed by atoms with van der Waals surface area (Å²) >= 11 is 0. The molecule has 0 radical (unpaired) electrons. The van der Waals surface area contributed by atoms with E-state index in [4.69, 9.17) is 0 Å². The SMILES string of the molecule is CC1=C\CC/C(C)=C/CC/C(C)=C/C=C(C(C)C)\C=C\1. The van der Waals surface area contributed by atoms with Crippen molar-refractivity contribution in [2.45, 2.75) is 60.3 Å². The predicted molar refractivity (Wildman–Crippen MR) is 91.8 cm³/mol. The highest BCUT2D eigenvalue weighted by molar-refractivity contribution is 5.31. The first-order valence-electron chi connectivity index (χ1n) is 7.87. The fourth-order valence-electron chi connectivity index (χ4n) is 2.23. The van der Waals surface area contributed by atoms with E-state index in [1.807, 2.05) is 0 Å². The van der Waals surface area contributed by atoms with Crippen LogP contribution in [0.5, 0.6) is 0 Å². The summed E-state index contributed by atoms with van der Waals surface area (Å²) in [5.41, 5.74) is 5.74. The molecule has 0 amide bonds. The molecule has 110 valence electrons. The largest absolute Gasteiger partial charge is 0.0853 e. The van der Waals surface area contributed by atoms with Crippen LogP contribution < -0.4 is 0 Å². The zero-order chi connectivity index (χ0) is 15.0. The van der Waals surface area contributed by atoms with Crippen LogP contribution in [0.25, 0.3) is 0 Å². The minimum Gasteiger partial charge on any atom is -0.0853 e. The third-order valence-electron chi connectivity index (χ3n) is 3.80. The van der Waals surface area contributed by atoms with Gasteiger partial charge >= 0.3 is 0 Å².